The van der Waals surface area contributed by atoms with Crippen LogP contribution in [0.15, 0.2) is 42.5 Å². The molecule has 134 valence electrons. The summed E-state index contributed by atoms with van der Waals surface area (Å²) in [5.74, 6) is 3.99. The van der Waals surface area contributed by atoms with Crippen LogP contribution >= 0.6 is 0 Å². The molecule has 2 N–H and O–H groups in total. The highest BCUT2D eigenvalue weighted by atomic mass is 16.5. The van der Waals surface area contributed by atoms with Crippen molar-refractivity contribution in [1.29, 1.82) is 5.26 Å². The Kier molecular flexibility index (Phi) is 3.44. The van der Waals surface area contributed by atoms with Crippen LogP contribution in [0.25, 0.3) is 11.3 Å². The van der Waals surface area contributed by atoms with Crippen molar-refractivity contribution in [3.8, 4) is 29.0 Å². The van der Waals surface area contributed by atoms with Gasteiger partial charge in [0.05, 0.1) is 23.0 Å². The molecule has 2 aliphatic rings. The molecule has 0 spiro atoms. The summed E-state index contributed by atoms with van der Waals surface area (Å²) in [4.78, 5) is 4.39. The maximum absolute atomic E-state index is 9.28. The lowest BCUT2D eigenvalue weighted by molar-refractivity contribution is 0.377. The molecule has 0 radical (unpaired) electrons. The second-order valence-corrected chi connectivity index (χ2v) is 7.41. The van der Waals surface area contributed by atoms with Gasteiger partial charge in [-0.3, -0.25) is 0 Å². The van der Waals surface area contributed by atoms with Gasteiger partial charge in [-0.25, -0.2) is 9.67 Å². The molecule has 0 amide bonds. The number of aryl methyl sites for hydroxylation is 1. The first-order valence-corrected chi connectivity index (χ1v) is 9.11. The van der Waals surface area contributed by atoms with E-state index in [9.17, 15) is 5.26 Å². The SMILES string of the molecule is Cn1nc(C2CC3CC32)cc1Oc1cc(C#N)ccc1-c1cccc(N)n1. The van der Waals surface area contributed by atoms with Gasteiger partial charge in [0.15, 0.2) is 0 Å². The van der Waals surface area contributed by atoms with E-state index in [2.05, 4.69) is 16.2 Å². The normalized spacial score (nSPS) is 22.4. The summed E-state index contributed by atoms with van der Waals surface area (Å²) in [5.41, 5.74) is 8.96. The molecule has 6 heteroatoms. The fourth-order valence-electron chi connectivity index (χ4n) is 4.03. The van der Waals surface area contributed by atoms with Crippen molar-refractivity contribution in [3.05, 3.63) is 53.7 Å². The Hall–Kier alpha value is -3.33. The molecule has 2 heterocycles. The first kappa shape index (κ1) is 15.9. The van der Waals surface area contributed by atoms with E-state index < -0.39 is 0 Å². The summed E-state index contributed by atoms with van der Waals surface area (Å²) < 4.78 is 7.96. The van der Waals surface area contributed by atoms with E-state index in [1.54, 1.807) is 22.9 Å². The van der Waals surface area contributed by atoms with Gasteiger partial charge in [-0.1, -0.05) is 6.07 Å². The third kappa shape index (κ3) is 2.72. The second kappa shape index (κ2) is 5.85. The van der Waals surface area contributed by atoms with Gasteiger partial charge in [-0.15, -0.1) is 0 Å². The Morgan fingerprint density at radius 2 is 2.11 bits per heavy atom. The molecule has 2 fully saturated rings. The molecule has 5 rings (SSSR count). The number of nitrogen functional groups attached to an aromatic ring is 1. The highest BCUT2D eigenvalue weighted by Crippen LogP contribution is 2.64. The van der Waals surface area contributed by atoms with Gasteiger partial charge in [0.25, 0.3) is 0 Å². The highest BCUT2D eigenvalue weighted by Gasteiger charge is 2.54. The molecule has 2 aliphatic carbocycles. The van der Waals surface area contributed by atoms with E-state index in [4.69, 9.17) is 10.5 Å². The zero-order valence-corrected chi connectivity index (χ0v) is 15.0. The average Bonchev–Trinajstić information content (AvgIpc) is 3.15. The molecule has 0 bridgehead atoms. The first-order chi connectivity index (χ1) is 13.1. The average molecular weight is 357 g/mol. The Bertz CT molecular complexity index is 1080. The van der Waals surface area contributed by atoms with Crippen molar-refractivity contribution in [3.63, 3.8) is 0 Å². The Morgan fingerprint density at radius 1 is 1.22 bits per heavy atom. The summed E-state index contributed by atoms with van der Waals surface area (Å²) in [6.45, 7) is 0. The molecule has 27 heavy (non-hydrogen) atoms. The van der Waals surface area contributed by atoms with Crippen LogP contribution in [0.4, 0.5) is 5.82 Å². The fourth-order valence-corrected chi connectivity index (χ4v) is 4.03. The van der Waals surface area contributed by atoms with Crippen molar-refractivity contribution < 1.29 is 4.74 Å². The summed E-state index contributed by atoms with van der Waals surface area (Å²) >= 11 is 0. The maximum Gasteiger partial charge on any atom is 0.217 e. The Labute approximate surface area is 157 Å². The lowest BCUT2D eigenvalue weighted by Crippen LogP contribution is -2.14. The van der Waals surface area contributed by atoms with Gasteiger partial charge < -0.3 is 10.5 Å². The monoisotopic (exact) mass is 357 g/mol. The number of anilines is 1. The number of nitriles is 1. The maximum atomic E-state index is 9.28. The summed E-state index contributed by atoms with van der Waals surface area (Å²) in [6.07, 6.45) is 2.58. The van der Waals surface area contributed by atoms with Gasteiger partial charge in [0.2, 0.25) is 5.88 Å². The van der Waals surface area contributed by atoms with E-state index in [0.29, 0.717) is 34.6 Å². The molecule has 0 aliphatic heterocycles. The van der Waals surface area contributed by atoms with Crippen molar-refractivity contribution in [1.82, 2.24) is 14.8 Å². The van der Waals surface area contributed by atoms with Crippen molar-refractivity contribution in [2.75, 3.05) is 5.73 Å². The van der Waals surface area contributed by atoms with Gasteiger partial charge in [0, 0.05) is 24.6 Å². The molecule has 1 aromatic carbocycles. The largest absolute Gasteiger partial charge is 0.439 e. The summed E-state index contributed by atoms with van der Waals surface area (Å²) in [7, 11) is 1.88. The Balaban J connectivity index is 1.51. The number of rotatable bonds is 4. The third-order valence-electron chi connectivity index (χ3n) is 5.66. The van der Waals surface area contributed by atoms with Crippen LogP contribution in [0.2, 0.25) is 0 Å². The van der Waals surface area contributed by atoms with Crippen LogP contribution in [-0.4, -0.2) is 14.8 Å². The van der Waals surface area contributed by atoms with Crippen molar-refractivity contribution in [2.24, 2.45) is 18.9 Å². The molecule has 3 unspecified atom stereocenters. The number of ether oxygens (including phenoxy) is 1. The second-order valence-electron chi connectivity index (χ2n) is 7.41. The van der Waals surface area contributed by atoms with Gasteiger partial charge in [0.1, 0.15) is 11.6 Å². The van der Waals surface area contributed by atoms with E-state index in [1.165, 1.54) is 12.8 Å². The number of benzene rings is 1. The number of fused-ring (bicyclic) bond motifs is 1. The van der Waals surface area contributed by atoms with Crippen LogP contribution in [0.5, 0.6) is 11.6 Å². The smallest absolute Gasteiger partial charge is 0.217 e. The van der Waals surface area contributed by atoms with Crippen molar-refractivity contribution in [2.45, 2.75) is 18.8 Å². The number of aromatic nitrogens is 3. The summed E-state index contributed by atoms with van der Waals surface area (Å²) in [6, 6.07) is 15.0. The van der Waals surface area contributed by atoms with E-state index in [0.717, 1.165) is 23.1 Å². The predicted octanol–water partition coefficient (Wildman–Crippen LogP) is 3.85. The van der Waals surface area contributed by atoms with Crippen LogP contribution in [0, 0.1) is 23.2 Å². The molecule has 6 nitrogen and oxygen atoms in total. The topological polar surface area (TPSA) is 89.8 Å². The number of hydrogen-bond donors (Lipinski definition) is 1. The quantitative estimate of drug-likeness (QED) is 0.766. The van der Waals surface area contributed by atoms with Gasteiger partial charge >= 0.3 is 0 Å². The molecular weight excluding hydrogens is 338 g/mol. The molecule has 0 saturated heterocycles. The number of nitrogens with zero attached hydrogens (tertiary/aromatic N) is 4. The minimum absolute atomic E-state index is 0.439. The van der Waals surface area contributed by atoms with Crippen molar-refractivity contribution >= 4 is 5.82 Å². The third-order valence-corrected chi connectivity index (χ3v) is 5.66. The van der Waals surface area contributed by atoms with Crippen LogP contribution in [0.3, 0.4) is 0 Å². The standard InChI is InChI=1S/C21H19N5O/c1-26-21(10-18(25-26)16-9-13-8-15(13)16)27-19-7-12(11-22)5-6-14(19)17-3-2-4-20(23)24-17/h2-7,10,13,15-16H,8-9H2,1H3,(H2,23,24). The number of nitrogens with two attached hydrogens (primary N) is 1. The molecular formula is C21H19N5O. The minimum Gasteiger partial charge on any atom is -0.439 e. The highest BCUT2D eigenvalue weighted by molar-refractivity contribution is 5.70. The zero-order valence-electron chi connectivity index (χ0n) is 15.0. The van der Waals surface area contributed by atoms with Gasteiger partial charge in [-0.05, 0) is 55.0 Å². The van der Waals surface area contributed by atoms with Gasteiger partial charge in [-0.2, -0.15) is 10.4 Å². The van der Waals surface area contributed by atoms with Crippen LogP contribution in [0.1, 0.15) is 30.0 Å². The van der Waals surface area contributed by atoms with E-state index in [1.807, 2.05) is 31.3 Å². The van der Waals surface area contributed by atoms with Crippen LogP contribution in [-0.2, 0) is 7.05 Å². The lowest BCUT2D eigenvalue weighted by atomic mass is 9.83. The number of pyridine rings is 1. The zero-order chi connectivity index (χ0) is 18.5. The van der Waals surface area contributed by atoms with E-state index >= 15 is 0 Å². The first-order valence-electron chi connectivity index (χ1n) is 9.11. The van der Waals surface area contributed by atoms with Crippen LogP contribution < -0.4 is 10.5 Å². The summed E-state index contributed by atoms with van der Waals surface area (Å²) in [5, 5.41) is 13.9. The van der Waals surface area contributed by atoms with E-state index in [-0.39, 0.29) is 0 Å². The predicted molar refractivity (Wildman–Crippen MR) is 101 cm³/mol. The fraction of sp³-hybridized carbons (Fsp3) is 0.286. The Morgan fingerprint density at radius 3 is 2.81 bits per heavy atom. The lowest BCUT2D eigenvalue weighted by Gasteiger charge is -2.22. The number of hydrogen-bond acceptors (Lipinski definition) is 5. The minimum atomic E-state index is 0.439. The molecule has 2 aromatic heterocycles. The molecule has 3 atom stereocenters. The molecule has 2 saturated carbocycles. The molecule has 3 aromatic rings.